The number of aryl methyl sites for hydroxylation is 2. The van der Waals surface area contributed by atoms with Crippen LogP contribution in [0, 0.1) is 18.6 Å². The molecule has 2 aromatic carbocycles. The van der Waals surface area contributed by atoms with E-state index < -0.39 is 17.2 Å². The molecule has 0 amide bonds. The number of hydrogen-bond donors (Lipinski definition) is 1. The van der Waals surface area contributed by atoms with Crippen molar-refractivity contribution in [1.29, 1.82) is 0 Å². The van der Waals surface area contributed by atoms with Gasteiger partial charge in [0.15, 0.2) is 0 Å². The van der Waals surface area contributed by atoms with Crippen LogP contribution in [0.2, 0.25) is 0 Å². The van der Waals surface area contributed by atoms with E-state index in [0.29, 0.717) is 11.1 Å². The lowest BCUT2D eigenvalue weighted by atomic mass is 9.83. The molecule has 2 N–H and O–H groups in total. The summed E-state index contributed by atoms with van der Waals surface area (Å²) >= 11 is 0. The molecule has 1 unspecified atom stereocenters. The predicted molar refractivity (Wildman–Crippen MR) is 77.6 cm³/mol. The van der Waals surface area contributed by atoms with Gasteiger partial charge in [0.05, 0.1) is 5.54 Å². The van der Waals surface area contributed by atoms with Gasteiger partial charge in [0, 0.05) is 5.56 Å². The minimum absolute atomic E-state index is 0.0817. The molecule has 20 heavy (non-hydrogen) atoms. The normalized spacial score (nSPS) is 14.1. The summed E-state index contributed by atoms with van der Waals surface area (Å²) in [5.41, 5.74) is 7.20. The van der Waals surface area contributed by atoms with Gasteiger partial charge in [-0.25, -0.2) is 8.78 Å². The Bertz CT molecular complexity index is 616. The minimum atomic E-state index is -1.20. The topological polar surface area (TPSA) is 26.0 Å². The number of hydrogen-bond acceptors (Lipinski definition) is 1. The van der Waals surface area contributed by atoms with Crippen LogP contribution in [0.4, 0.5) is 8.78 Å². The van der Waals surface area contributed by atoms with Gasteiger partial charge in [-0.1, -0.05) is 37.3 Å². The van der Waals surface area contributed by atoms with Gasteiger partial charge in [-0.15, -0.1) is 0 Å². The van der Waals surface area contributed by atoms with E-state index in [1.165, 1.54) is 12.1 Å². The van der Waals surface area contributed by atoms with Gasteiger partial charge in [-0.2, -0.15) is 0 Å². The Morgan fingerprint density at radius 1 is 1.05 bits per heavy atom. The lowest BCUT2D eigenvalue weighted by molar-refractivity contribution is 0.478. The molecule has 0 fully saturated rings. The first-order valence-electron chi connectivity index (χ1n) is 6.71. The van der Waals surface area contributed by atoms with Crippen molar-refractivity contribution < 1.29 is 8.78 Å². The molecular weight excluding hydrogens is 256 g/mol. The average Bonchev–Trinajstić information content (AvgIpc) is 2.43. The van der Waals surface area contributed by atoms with Crippen molar-refractivity contribution in [2.24, 2.45) is 5.73 Å². The van der Waals surface area contributed by atoms with E-state index in [4.69, 9.17) is 5.73 Å². The van der Waals surface area contributed by atoms with E-state index >= 15 is 0 Å². The molecule has 1 atom stereocenters. The van der Waals surface area contributed by atoms with E-state index in [1.807, 2.05) is 24.3 Å². The molecule has 3 heteroatoms. The highest BCUT2D eigenvalue weighted by Crippen LogP contribution is 2.32. The van der Waals surface area contributed by atoms with Crippen LogP contribution >= 0.6 is 0 Å². The number of halogens is 2. The van der Waals surface area contributed by atoms with Crippen molar-refractivity contribution in [2.45, 2.75) is 32.7 Å². The summed E-state index contributed by atoms with van der Waals surface area (Å²) in [4.78, 5) is 0. The predicted octanol–water partition coefficient (Wildman–Crippen LogP) is 4.06. The monoisotopic (exact) mass is 275 g/mol. The Morgan fingerprint density at radius 3 is 2.20 bits per heavy atom. The van der Waals surface area contributed by atoms with E-state index in [9.17, 15) is 8.78 Å². The largest absolute Gasteiger partial charge is 0.318 e. The molecule has 0 saturated carbocycles. The van der Waals surface area contributed by atoms with E-state index in [0.717, 1.165) is 12.0 Å². The summed E-state index contributed by atoms with van der Waals surface area (Å²) in [7, 11) is 0. The maximum absolute atomic E-state index is 14.3. The summed E-state index contributed by atoms with van der Waals surface area (Å²) < 4.78 is 28.3. The first-order valence-corrected chi connectivity index (χ1v) is 6.71. The molecule has 2 aromatic rings. The van der Waals surface area contributed by atoms with Crippen LogP contribution in [0.1, 0.15) is 36.1 Å². The molecule has 0 aliphatic rings. The first kappa shape index (κ1) is 14.7. The van der Waals surface area contributed by atoms with Crippen LogP contribution in [0.5, 0.6) is 0 Å². The van der Waals surface area contributed by atoms with Crippen molar-refractivity contribution in [3.63, 3.8) is 0 Å². The third-order valence-electron chi connectivity index (χ3n) is 3.77. The van der Waals surface area contributed by atoms with Crippen molar-refractivity contribution in [3.8, 4) is 0 Å². The fraction of sp³-hybridized carbons (Fsp3) is 0.294. The highest BCUT2D eigenvalue weighted by Gasteiger charge is 2.31. The molecule has 0 spiro atoms. The van der Waals surface area contributed by atoms with Crippen LogP contribution in [0.15, 0.2) is 36.4 Å². The van der Waals surface area contributed by atoms with E-state index in [2.05, 4.69) is 6.92 Å². The SMILES string of the molecule is CCc1ccc(C(C)(N)c2c(F)ccc(C)c2F)cc1. The molecule has 0 aliphatic carbocycles. The van der Waals surface area contributed by atoms with Crippen LogP contribution in [0.25, 0.3) is 0 Å². The van der Waals surface area contributed by atoms with Gasteiger partial charge >= 0.3 is 0 Å². The van der Waals surface area contributed by atoms with Crippen molar-refractivity contribution in [1.82, 2.24) is 0 Å². The van der Waals surface area contributed by atoms with E-state index in [-0.39, 0.29) is 5.56 Å². The average molecular weight is 275 g/mol. The number of benzene rings is 2. The third-order valence-corrected chi connectivity index (χ3v) is 3.77. The quantitative estimate of drug-likeness (QED) is 0.898. The molecule has 2 rings (SSSR count). The van der Waals surface area contributed by atoms with Gasteiger partial charge in [0.1, 0.15) is 11.6 Å². The van der Waals surface area contributed by atoms with Crippen LogP contribution in [0.3, 0.4) is 0 Å². The van der Waals surface area contributed by atoms with Crippen LogP contribution in [-0.4, -0.2) is 0 Å². The zero-order valence-electron chi connectivity index (χ0n) is 12.0. The van der Waals surface area contributed by atoms with Gasteiger partial charge < -0.3 is 5.73 Å². The summed E-state index contributed by atoms with van der Waals surface area (Å²) in [5, 5.41) is 0. The van der Waals surface area contributed by atoms with Crippen LogP contribution in [-0.2, 0) is 12.0 Å². The molecule has 0 aromatic heterocycles. The Labute approximate surface area is 118 Å². The van der Waals surface area contributed by atoms with Crippen molar-refractivity contribution in [2.75, 3.05) is 0 Å². The highest BCUT2D eigenvalue weighted by atomic mass is 19.1. The Kier molecular flexibility index (Phi) is 3.91. The van der Waals surface area contributed by atoms with E-state index in [1.54, 1.807) is 13.8 Å². The smallest absolute Gasteiger partial charge is 0.134 e. The molecule has 106 valence electrons. The molecular formula is C17H19F2N. The first-order chi connectivity index (χ1) is 9.37. The zero-order chi connectivity index (χ0) is 14.9. The maximum Gasteiger partial charge on any atom is 0.134 e. The number of nitrogens with two attached hydrogens (primary N) is 1. The lowest BCUT2D eigenvalue weighted by Crippen LogP contribution is -2.36. The second-order valence-corrected chi connectivity index (χ2v) is 5.31. The van der Waals surface area contributed by atoms with Crippen molar-refractivity contribution in [3.05, 3.63) is 70.3 Å². The Balaban J connectivity index is 2.56. The summed E-state index contributed by atoms with van der Waals surface area (Å²) in [6.07, 6.45) is 0.911. The lowest BCUT2D eigenvalue weighted by Gasteiger charge is -2.27. The number of rotatable bonds is 3. The second-order valence-electron chi connectivity index (χ2n) is 5.31. The zero-order valence-corrected chi connectivity index (χ0v) is 12.0. The standard InChI is InChI=1S/C17H19F2N/c1-4-12-6-8-13(9-7-12)17(3,20)15-14(18)10-5-11(2)16(15)19/h5-10H,4,20H2,1-3H3. The minimum Gasteiger partial charge on any atom is -0.318 e. The fourth-order valence-corrected chi connectivity index (χ4v) is 2.36. The van der Waals surface area contributed by atoms with Gasteiger partial charge in [0.25, 0.3) is 0 Å². The Hall–Kier alpha value is -1.74. The van der Waals surface area contributed by atoms with Gasteiger partial charge in [-0.3, -0.25) is 0 Å². The molecule has 1 nitrogen and oxygen atoms in total. The Morgan fingerprint density at radius 2 is 1.65 bits per heavy atom. The molecule has 0 radical (unpaired) electrons. The molecule has 0 aliphatic heterocycles. The summed E-state index contributed by atoms with van der Waals surface area (Å²) in [6.45, 7) is 5.29. The van der Waals surface area contributed by atoms with Crippen LogP contribution < -0.4 is 5.73 Å². The van der Waals surface area contributed by atoms with Gasteiger partial charge in [0.2, 0.25) is 0 Å². The molecule has 0 heterocycles. The fourth-order valence-electron chi connectivity index (χ4n) is 2.36. The third kappa shape index (κ3) is 2.46. The summed E-state index contributed by atoms with van der Waals surface area (Å²) in [6, 6.07) is 10.2. The summed E-state index contributed by atoms with van der Waals surface area (Å²) in [5.74, 6) is -1.19. The second kappa shape index (κ2) is 5.33. The molecule has 0 bridgehead atoms. The highest BCUT2D eigenvalue weighted by molar-refractivity contribution is 5.41. The molecule has 0 saturated heterocycles. The van der Waals surface area contributed by atoms with Gasteiger partial charge in [-0.05, 0) is 43.0 Å². The maximum atomic E-state index is 14.3. The van der Waals surface area contributed by atoms with Crippen molar-refractivity contribution >= 4 is 0 Å².